The van der Waals surface area contributed by atoms with Crippen LogP contribution in [0.5, 0.6) is 0 Å². The van der Waals surface area contributed by atoms with Crippen molar-refractivity contribution in [3.8, 4) is 0 Å². The van der Waals surface area contributed by atoms with Gasteiger partial charge < -0.3 is 15.0 Å². The van der Waals surface area contributed by atoms with E-state index in [9.17, 15) is 4.79 Å². The van der Waals surface area contributed by atoms with Crippen molar-refractivity contribution in [1.82, 2.24) is 9.88 Å². The predicted molar refractivity (Wildman–Crippen MR) is 128 cm³/mol. The summed E-state index contributed by atoms with van der Waals surface area (Å²) in [5.74, 6) is 0. The molecule has 5 nitrogen and oxygen atoms in total. The number of carbonyl (C=O) groups excluding carboxylic acids is 1. The maximum Gasteiger partial charge on any atom is 0.210 e. The highest BCUT2D eigenvalue weighted by Crippen LogP contribution is 2.21. The molecule has 1 atom stereocenters. The van der Waals surface area contributed by atoms with Crippen molar-refractivity contribution in [2.45, 2.75) is 52.8 Å². The topological polar surface area (TPSA) is 54.5 Å². The summed E-state index contributed by atoms with van der Waals surface area (Å²) in [5.41, 5.74) is 5.68. The van der Waals surface area contributed by atoms with E-state index in [2.05, 4.69) is 54.5 Å². The number of carbonyl (C=O) groups is 1. The van der Waals surface area contributed by atoms with Crippen LogP contribution in [0, 0.1) is 6.92 Å². The van der Waals surface area contributed by atoms with Crippen LogP contribution in [0.15, 0.2) is 66.5 Å². The number of pyridine rings is 1. The third-order valence-electron chi connectivity index (χ3n) is 5.28. The molecule has 0 fully saturated rings. The van der Waals surface area contributed by atoms with E-state index < -0.39 is 0 Å². The summed E-state index contributed by atoms with van der Waals surface area (Å²) < 4.78 is 5.57. The molecule has 0 bridgehead atoms. The molecule has 1 aromatic carbocycles. The van der Waals surface area contributed by atoms with Crippen LogP contribution < -0.4 is 5.32 Å². The molecule has 0 saturated carbocycles. The number of nitrogens with zero attached hydrogens (tertiary/aromatic N) is 2. The van der Waals surface area contributed by atoms with Crippen LogP contribution in [0.3, 0.4) is 0 Å². The number of ether oxygens (including phenoxy) is 1. The van der Waals surface area contributed by atoms with Crippen molar-refractivity contribution in [2.24, 2.45) is 0 Å². The van der Waals surface area contributed by atoms with E-state index in [4.69, 9.17) is 4.74 Å². The Bertz CT molecular complexity index is 862. The average Bonchev–Trinajstić information content (AvgIpc) is 2.79. The number of hydrogen-bond acceptors (Lipinski definition) is 4. The third kappa shape index (κ3) is 8.38. The summed E-state index contributed by atoms with van der Waals surface area (Å²) in [6.45, 7) is 8.06. The SMILES string of the molecule is C/C=C\CCC(/C=C(\C)CN(C=O)Cc1cccc(NCc2ccncc2)c1C)OC. The molecule has 1 unspecified atom stereocenters. The van der Waals surface area contributed by atoms with Gasteiger partial charge in [-0.3, -0.25) is 9.78 Å². The molecule has 5 heteroatoms. The zero-order chi connectivity index (χ0) is 22.5. The predicted octanol–water partition coefficient (Wildman–Crippen LogP) is 5.28. The quantitative estimate of drug-likeness (QED) is 0.353. The van der Waals surface area contributed by atoms with Gasteiger partial charge in [-0.2, -0.15) is 0 Å². The van der Waals surface area contributed by atoms with Crippen molar-refractivity contribution in [1.29, 1.82) is 0 Å². The monoisotopic (exact) mass is 421 g/mol. The first-order valence-electron chi connectivity index (χ1n) is 10.8. The van der Waals surface area contributed by atoms with E-state index in [1.54, 1.807) is 24.4 Å². The van der Waals surface area contributed by atoms with Crippen molar-refractivity contribution in [3.05, 3.63) is 83.2 Å². The largest absolute Gasteiger partial charge is 0.381 e. The first-order chi connectivity index (χ1) is 15.1. The Morgan fingerprint density at radius 3 is 2.71 bits per heavy atom. The lowest BCUT2D eigenvalue weighted by Gasteiger charge is -2.21. The molecular formula is C26H35N3O2. The molecule has 166 valence electrons. The van der Waals surface area contributed by atoms with Gasteiger partial charge in [-0.25, -0.2) is 0 Å². The van der Waals surface area contributed by atoms with E-state index >= 15 is 0 Å². The van der Waals surface area contributed by atoms with Gasteiger partial charge in [0.2, 0.25) is 6.41 Å². The van der Waals surface area contributed by atoms with Gasteiger partial charge in [0.05, 0.1) is 6.10 Å². The third-order valence-corrected chi connectivity index (χ3v) is 5.28. The van der Waals surface area contributed by atoms with E-state index in [0.29, 0.717) is 13.1 Å². The maximum atomic E-state index is 11.8. The zero-order valence-corrected chi connectivity index (χ0v) is 19.2. The molecule has 2 rings (SSSR count). The lowest BCUT2D eigenvalue weighted by molar-refractivity contribution is -0.118. The van der Waals surface area contributed by atoms with Crippen molar-refractivity contribution in [2.75, 3.05) is 19.0 Å². The maximum absolute atomic E-state index is 11.8. The van der Waals surface area contributed by atoms with Crippen LogP contribution in [0.25, 0.3) is 0 Å². The summed E-state index contributed by atoms with van der Waals surface area (Å²) in [6, 6.07) is 10.2. The van der Waals surface area contributed by atoms with Gasteiger partial charge in [0.25, 0.3) is 0 Å². The molecule has 1 N–H and O–H groups in total. The Labute approximate surface area is 186 Å². The molecule has 1 aromatic heterocycles. The van der Waals surface area contributed by atoms with Crippen LogP contribution in [0.2, 0.25) is 0 Å². The van der Waals surface area contributed by atoms with Gasteiger partial charge in [0, 0.05) is 44.8 Å². The van der Waals surface area contributed by atoms with Gasteiger partial charge in [-0.1, -0.05) is 35.9 Å². The smallest absolute Gasteiger partial charge is 0.210 e. The second-order valence-corrected chi connectivity index (χ2v) is 7.74. The normalized spacial score (nSPS) is 12.7. The highest BCUT2D eigenvalue weighted by Gasteiger charge is 2.10. The van der Waals surface area contributed by atoms with Crippen LogP contribution in [0.4, 0.5) is 5.69 Å². The van der Waals surface area contributed by atoms with Crippen molar-refractivity contribution >= 4 is 12.1 Å². The fourth-order valence-corrected chi connectivity index (χ4v) is 3.48. The molecule has 0 saturated heterocycles. The number of amides is 1. The summed E-state index contributed by atoms with van der Waals surface area (Å²) in [7, 11) is 1.73. The molecule has 0 radical (unpaired) electrons. The number of allylic oxidation sites excluding steroid dienone is 2. The molecule has 2 aromatic rings. The molecule has 0 aliphatic heterocycles. The first-order valence-corrected chi connectivity index (χ1v) is 10.8. The summed E-state index contributed by atoms with van der Waals surface area (Å²) in [5, 5.41) is 3.49. The molecule has 1 heterocycles. The number of methoxy groups -OCH3 is 1. The van der Waals surface area contributed by atoms with E-state index in [-0.39, 0.29) is 6.10 Å². The van der Waals surface area contributed by atoms with E-state index in [1.165, 1.54) is 5.56 Å². The average molecular weight is 422 g/mol. The van der Waals surface area contributed by atoms with Crippen LogP contribution in [0.1, 0.15) is 43.4 Å². The van der Waals surface area contributed by atoms with Crippen molar-refractivity contribution in [3.63, 3.8) is 0 Å². The minimum atomic E-state index is 0.0622. The summed E-state index contributed by atoms with van der Waals surface area (Å²) in [6.07, 6.45) is 12.8. The molecule has 0 aliphatic rings. The number of rotatable bonds is 13. The Morgan fingerprint density at radius 1 is 1.26 bits per heavy atom. The second kappa shape index (κ2) is 13.4. The number of nitrogens with one attached hydrogen (secondary N) is 1. The molecule has 0 spiro atoms. The van der Waals surface area contributed by atoms with Crippen LogP contribution in [-0.4, -0.2) is 36.1 Å². The molecule has 1 amide bonds. The fourth-order valence-electron chi connectivity index (χ4n) is 3.48. The number of benzene rings is 1. The Kier molecular flexibility index (Phi) is 10.5. The number of anilines is 1. The minimum Gasteiger partial charge on any atom is -0.381 e. The number of aromatic nitrogens is 1. The number of hydrogen-bond donors (Lipinski definition) is 1. The van der Waals surface area contributed by atoms with Crippen LogP contribution >= 0.6 is 0 Å². The highest BCUT2D eigenvalue weighted by molar-refractivity contribution is 5.55. The summed E-state index contributed by atoms with van der Waals surface area (Å²) >= 11 is 0. The van der Waals surface area contributed by atoms with Crippen molar-refractivity contribution < 1.29 is 9.53 Å². The Morgan fingerprint density at radius 2 is 2.03 bits per heavy atom. The Hall–Kier alpha value is -2.92. The lowest BCUT2D eigenvalue weighted by Crippen LogP contribution is -2.24. The fraction of sp³-hybridized carbons (Fsp3) is 0.385. The zero-order valence-electron chi connectivity index (χ0n) is 19.2. The first kappa shape index (κ1) is 24.4. The minimum absolute atomic E-state index is 0.0622. The van der Waals surface area contributed by atoms with Gasteiger partial charge in [-0.05, 0) is 68.5 Å². The van der Waals surface area contributed by atoms with E-state index in [0.717, 1.165) is 48.2 Å². The van der Waals surface area contributed by atoms with Gasteiger partial charge >= 0.3 is 0 Å². The van der Waals surface area contributed by atoms with E-state index in [1.807, 2.05) is 25.1 Å². The highest BCUT2D eigenvalue weighted by atomic mass is 16.5. The summed E-state index contributed by atoms with van der Waals surface area (Å²) in [4.78, 5) is 17.6. The second-order valence-electron chi connectivity index (χ2n) is 7.74. The van der Waals surface area contributed by atoms with Gasteiger partial charge in [0.15, 0.2) is 0 Å². The standard InChI is InChI=1S/C26H35N3O2/c1-5-6-7-10-25(31-4)16-21(2)18-29(20-30)19-24-9-8-11-26(22(24)3)28-17-23-12-14-27-15-13-23/h5-6,8-9,11-16,20,25,28H,7,10,17-19H2,1-4H3/b6-5-,21-16+. The van der Waals surface area contributed by atoms with Gasteiger partial charge in [-0.15, -0.1) is 0 Å². The van der Waals surface area contributed by atoms with Gasteiger partial charge in [0.1, 0.15) is 0 Å². The molecule has 31 heavy (non-hydrogen) atoms. The lowest BCUT2D eigenvalue weighted by atomic mass is 10.1. The Balaban J connectivity index is 2.00. The molecule has 0 aliphatic carbocycles. The molecular weight excluding hydrogens is 386 g/mol. The van der Waals surface area contributed by atoms with Crippen LogP contribution in [-0.2, 0) is 22.6 Å².